The molecule has 4 nitrogen and oxygen atoms in total. The van der Waals surface area contributed by atoms with Crippen molar-refractivity contribution in [2.45, 2.75) is 19.9 Å². The molecule has 1 aromatic carbocycles. The number of nitrogens with one attached hydrogen (secondary N) is 1. The van der Waals surface area contributed by atoms with Crippen LogP contribution in [0.5, 0.6) is 0 Å². The Labute approximate surface area is 117 Å². The maximum Gasteiger partial charge on any atom is 0.0936 e. The highest BCUT2D eigenvalue weighted by Crippen LogP contribution is 2.25. The second-order valence-corrected chi connectivity index (χ2v) is 4.83. The van der Waals surface area contributed by atoms with Crippen molar-refractivity contribution in [1.82, 2.24) is 15.0 Å². The highest BCUT2D eigenvalue weighted by atomic mass is 15.0. The Hall–Kier alpha value is -2.49. The van der Waals surface area contributed by atoms with Gasteiger partial charge in [-0.25, -0.2) is 0 Å². The van der Waals surface area contributed by atoms with Gasteiger partial charge in [0.2, 0.25) is 0 Å². The van der Waals surface area contributed by atoms with E-state index >= 15 is 0 Å². The third kappa shape index (κ3) is 2.45. The zero-order chi connectivity index (χ0) is 13.9. The lowest BCUT2D eigenvalue weighted by Gasteiger charge is -2.15. The Morgan fingerprint density at radius 1 is 1.10 bits per heavy atom. The normalized spacial score (nSPS) is 12.3. The first-order valence-electron chi connectivity index (χ1n) is 6.63. The highest BCUT2D eigenvalue weighted by Gasteiger charge is 2.09. The summed E-state index contributed by atoms with van der Waals surface area (Å²) in [4.78, 5) is 13.1. The first-order chi connectivity index (χ1) is 9.74. The topological polar surface area (TPSA) is 50.7 Å². The van der Waals surface area contributed by atoms with E-state index in [1.165, 1.54) is 0 Å². The van der Waals surface area contributed by atoms with Gasteiger partial charge in [-0.2, -0.15) is 0 Å². The van der Waals surface area contributed by atoms with Crippen LogP contribution in [0.25, 0.3) is 10.9 Å². The van der Waals surface area contributed by atoms with E-state index in [0.29, 0.717) is 0 Å². The molecule has 0 aliphatic rings. The lowest BCUT2D eigenvalue weighted by Crippen LogP contribution is -2.09. The van der Waals surface area contributed by atoms with Crippen LogP contribution in [-0.2, 0) is 0 Å². The molecular weight excluding hydrogens is 248 g/mol. The molecule has 0 radical (unpaired) electrons. The third-order valence-corrected chi connectivity index (χ3v) is 3.26. The molecule has 0 fully saturated rings. The van der Waals surface area contributed by atoms with Crippen LogP contribution in [0.2, 0.25) is 0 Å². The molecule has 0 saturated heterocycles. The molecule has 3 aromatic rings. The van der Waals surface area contributed by atoms with E-state index in [4.69, 9.17) is 0 Å². The van der Waals surface area contributed by atoms with E-state index < -0.39 is 0 Å². The van der Waals surface area contributed by atoms with Gasteiger partial charge in [-0.15, -0.1) is 0 Å². The fourth-order valence-electron chi connectivity index (χ4n) is 2.20. The largest absolute Gasteiger partial charge is 0.375 e. The SMILES string of the molecule is Cc1ccc2cccc(NC(C)c3cnccn3)c2n1. The van der Waals surface area contributed by atoms with Gasteiger partial charge in [0.1, 0.15) is 0 Å². The van der Waals surface area contributed by atoms with Gasteiger partial charge in [0.25, 0.3) is 0 Å². The Balaban J connectivity index is 1.97. The third-order valence-electron chi connectivity index (χ3n) is 3.26. The van der Waals surface area contributed by atoms with Crippen molar-refractivity contribution in [3.05, 3.63) is 60.3 Å². The number of rotatable bonds is 3. The average molecular weight is 264 g/mol. The maximum absolute atomic E-state index is 4.62. The minimum atomic E-state index is 0.0802. The molecule has 0 amide bonds. The van der Waals surface area contributed by atoms with Crippen LogP contribution in [0, 0.1) is 6.92 Å². The molecule has 100 valence electrons. The number of hydrogen-bond acceptors (Lipinski definition) is 4. The quantitative estimate of drug-likeness (QED) is 0.786. The smallest absolute Gasteiger partial charge is 0.0936 e. The Bertz CT molecular complexity index is 725. The summed E-state index contributed by atoms with van der Waals surface area (Å²) in [5.74, 6) is 0. The van der Waals surface area contributed by atoms with Crippen molar-refractivity contribution in [1.29, 1.82) is 0 Å². The minimum absolute atomic E-state index is 0.0802. The van der Waals surface area contributed by atoms with Gasteiger partial charge in [-0.05, 0) is 26.0 Å². The molecule has 0 aliphatic carbocycles. The van der Waals surface area contributed by atoms with E-state index in [1.807, 2.05) is 25.1 Å². The van der Waals surface area contributed by atoms with Crippen LogP contribution in [0.4, 0.5) is 5.69 Å². The highest BCUT2D eigenvalue weighted by molar-refractivity contribution is 5.90. The number of aryl methyl sites for hydroxylation is 1. The summed E-state index contributed by atoms with van der Waals surface area (Å²) in [6.07, 6.45) is 5.17. The van der Waals surface area contributed by atoms with Gasteiger partial charge in [0.05, 0.1) is 29.1 Å². The van der Waals surface area contributed by atoms with Gasteiger partial charge in [0.15, 0.2) is 0 Å². The summed E-state index contributed by atoms with van der Waals surface area (Å²) in [7, 11) is 0. The fourth-order valence-corrected chi connectivity index (χ4v) is 2.20. The van der Waals surface area contributed by atoms with Gasteiger partial charge >= 0.3 is 0 Å². The number of anilines is 1. The summed E-state index contributed by atoms with van der Waals surface area (Å²) in [6.45, 7) is 4.07. The second-order valence-electron chi connectivity index (χ2n) is 4.83. The van der Waals surface area contributed by atoms with Crippen molar-refractivity contribution in [2.75, 3.05) is 5.32 Å². The van der Waals surface area contributed by atoms with Gasteiger partial charge in [-0.1, -0.05) is 18.2 Å². The first kappa shape index (κ1) is 12.5. The maximum atomic E-state index is 4.62. The van der Waals surface area contributed by atoms with Crippen LogP contribution < -0.4 is 5.32 Å². The molecule has 1 N–H and O–H groups in total. The number of benzene rings is 1. The lowest BCUT2D eigenvalue weighted by molar-refractivity contribution is 0.828. The van der Waals surface area contributed by atoms with Crippen molar-refractivity contribution in [3.63, 3.8) is 0 Å². The van der Waals surface area contributed by atoms with Gasteiger partial charge in [0, 0.05) is 23.5 Å². The first-order valence-corrected chi connectivity index (χ1v) is 6.63. The molecule has 0 bridgehead atoms. The van der Waals surface area contributed by atoms with Crippen molar-refractivity contribution in [3.8, 4) is 0 Å². The monoisotopic (exact) mass is 264 g/mol. The van der Waals surface area contributed by atoms with E-state index in [0.717, 1.165) is 28.0 Å². The molecule has 4 heteroatoms. The van der Waals surface area contributed by atoms with E-state index in [2.05, 4.69) is 39.3 Å². The van der Waals surface area contributed by atoms with Crippen molar-refractivity contribution in [2.24, 2.45) is 0 Å². The van der Waals surface area contributed by atoms with Crippen molar-refractivity contribution < 1.29 is 0 Å². The van der Waals surface area contributed by atoms with Crippen LogP contribution in [0.1, 0.15) is 24.4 Å². The Morgan fingerprint density at radius 3 is 2.80 bits per heavy atom. The Morgan fingerprint density at radius 2 is 2.00 bits per heavy atom. The standard InChI is InChI=1S/C16H16N4/c1-11-6-7-13-4-3-5-14(16(13)19-11)20-12(2)15-10-17-8-9-18-15/h3-10,12,20H,1-2H3. The average Bonchev–Trinajstić information content (AvgIpc) is 2.49. The van der Waals surface area contributed by atoms with Gasteiger partial charge in [-0.3, -0.25) is 15.0 Å². The number of nitrogens with zero attached hydrogens (tertiary/aromatic N) is 3. The predicted octanol–water partition coefficient (Wildman–Crippen LogP) is 3.51. The molecule has 3 rings (SSSR count). The summed E-state index contributed by atoms with van der Waals surface area (Å²) in [5.41, 5.74) is 3.93. The van der Waals surface area contributed by atoms with Crippen LogP contribution in [-0.4, -0.2) is 15.0 Å². The molecule has 0 spiro atoms. The van der Waals surface area contributed by atoms with E-state index in [-0.39, 0.29) is 6.04 Å². The molecule has 0 aliphatic heterocycles. The zero-order valence-electron chi connectivity index (χ0n) is 11.5. The predicted molar refractivity (Wildman–Crippen MR) is 80.5 cm³/mol. The minimum Gasteiger partial charge on any atom is -0.375 e. The molecule has 1 unspecified atom stereocenters. The molecule has 2 heterocycles. The number of fused-ring (bicyclic) bond motifs is 1. The summed E-state index contributed by atoms with van der Waals surface area (Å²) >= 11 is 0. The summed E-state index contributed by atoms with van der Waals surface area (Å²) < 4.78 is 0. The molecule has 20 heavy (non-hydrogen) atoms. The lowest BCUT2D eigenvalue weighted by atomic mass is 10.1. The summed E-state index contributed by atoms with van der Waals surface area (Å²) in [5, 5.41) is 4.59. The van der Waals surface area contributed by atoms with Crippen LogP contribution >= 0.6 is 0 Å². The van der Waals surface area contributed by atoms with Gasteiger partial charge < -0.3 is 5.32 Å². The number of pyridine rings is 1. The number of aromatic nitrogens is 3. The fraction of sp³-hybridized carbons (Fsp3) is 0.188. The Kier molecular flexibility index (Phi) is 3.29. The number of hydrogen-bond donors (Lipinski definition) is 1. The molecule has 2 aromatic heterocycles. The van der Waals surface area contributed by atoms with Crippen LogP contribution in [0.3, 0.4) is 0 Å². The van der Waals surface area contributed by atoms with E-state index in [9.17, 15) is 0 Å². The second kappa shape index (κ2) is 5.25. The van der Waals surface area contributed by atoms with E-state index in [1.54, 1.807) is 18.6 Å². The zero-order valence-corrected chi connectivity index (χ0v) is 11.5. The summed E-state index contributed by atoms with van der Waals surface area (Å²) in [6, 6.07) is 10.3. The molecule has 0 saturated carbocycles. The van der Waals surface area contributed by atoms with Crippen LogP contribution in [0.15, 0.2) is 48.9 Å². The number of para-hydroxylation sites is 1. The molecule has 1 atom stereocenters. The molecular formula is C16H16N4. The van der Waals surface area contributed by atoms with Crippen molar-refractivity contribution >= 4 is 16.6 Å².